The Labute approximate surface area is 92.7 Å². The van der Waals surface area contributed by atoms with E-state index >= 15 is 0 Å². The van der Waals surface area contributed by atoms with Crippen LogP contribution in [-0.4, -0.2) is 34.7 Å². The van der Waals surface area contributed by atoms with Crippen LogP contribution in [0.25, 0.3) is 0 Å². The number of aryl methyl sites for hydroxylation is 1. The van der Waals surface area contributed by atoms with Crippen LogP contribution in [0.15, 0.2) is 24.3 Å². The summed E-state index contributed by atoms with van der Waals surface area (Å²) in [6.45, 7) is 1.20. The summed E-state index contributed by atoms with van der Waals surface area (Å²) in [6, 6.07) is 5.49. The third kappa shape index (κ3) is 3.06. The lowest BCUT2D eigenvalue weighted by Crippen LogP contribution is -2.43. The Balaban J connectivity index is 2.75. The van der Waals surface area contributed by atoms with Gasteiger partial charge >= 0.3 is 5.97 Å². The number of aliphatic hydroxyl groups excluding tert-OH is 1. The molecule has 0 saturated heterocycles. The molecule has 0 aliphatic rings. The molecule has 0 fully saturated rings. The van der Waals surface area contributed by atoms with Crippen LogP contribution in [-0.2, 0) is 4.79 Å². The number of carboxylic acid groups (broad SMARTS) is 1. The van der Waals surface area contributed by atoms with Gasteiger partial charge in [-0.15, -0.1) is 0 Å². The number of aliphatic carboxylic acids is 1. The lowest BCUT2D eigenvalue weighted by atomic mass is 10.1. The molecule has 5 nitrogen and oxygen atoms in total. The van der Waals surface area contributed by atoms with E-state index in [1.54, 1.807) is 18.2 Å². The van der Waals surface area contributed by atoms with E-state index in [9.17, 15) is 9.59 Å². The summed E-state index contributed by atoms with van der Waals surface area (Å²) in [6.07, 6.45) is 0. The van der Waals surface area contributed by atoms with Crippen LogP contribution in [0.5, 0.6) is 0 Å². The molecule has 5 heteroatoms. The Hall–Kier alpha value is -1.88. The predicted molar refractivity (Wildman–Crippen MR) is 57.2 cm³/mol. The second kappa shape index (κ2) is 5.27. The first-order valence-electron chi connectivity index (χ1n) is 4.76. The van der Waals surface area contributed by atoms with Gasteiger partial charge in [0.25, 0.3) is 5.91 Å². The second-order valence-corrected chi connectivity index (χ2v) is 3.42. The molecule has 1 aromatic rings. The molecule has 1 aromatic carbocycles. The molecule has 1 atom stereocenters. The number of carbonyl (C=O) groups is 2. The van der Waals surface area contributed by atoms with Gasteiger partial charge in [0, 0.05) is 5.56 Å². The van der Waals surface area contributed by atoms with Crippen LogP contribution in [0, 0.1) is 6.92 Å². The molecule has 0 heterocycles. The Kier molecular flexibility index (Phi) is 4.02. The highest BCUT2D eigenvalue weighted by molar-refractivity contribution is 5.96. The van der Waals surface area contributed by atoms with Gasteiger partial charge < -0.3 is 15.5 Å². The van der Waals surface area contributed by atoms with Crippen LogP contribution in [0.2, 0.25) is 0 Å². The van der Waals surface area contributed by atoms with Gasteiger partial charge in [0.15, 0.2) is 6.04 Å². The Morgan fingerprint density at radius 1 is 1.44 bits per heavy atom. The molecule has 0 aliphatic carbocycles. The molecule has 86 valence electrons. The van der Waals surface area contributed by atoms with Crippen molar-refractivity contribution in [2.75, 3.05) is 6.61 Å². The standard InChI is InChI=1S/C11H13NO4/c1-7-3-2-4-8(5-7)10(14)12-9(6-13)11(15)16/h2-5,9,13H,6H2,1H3,(H,12,14)(H,15,16). The first-order chi connectivity index (χ1) is 7.54. The molecule has 3 N–H and O–H groups in total. The van der Waals surface area contributed by atoms with Gasteiger partial charge in [-0.3, -0.25) is 4.79 Å². The highest BCUT2D eigenvalue weighted by Crippen LogP contribution is 2.03. The molecule has 0 aliphatic heterocycles. The number of amides is 1. The fourth-order valence-corrected chi connectivity index (χ4v) is 1.21. The van der Waals surface area contributed by atoms with E-state index in [-0.39, 0.29) is 0 Å². The number of hydrogen-bond acceptors (Lipinski definition) is 3. The number of hydrogen-bond donors (Lipinski definition) is 3. The second-order valence-electron chi connectivity index (χ2n) is 3.42. The summed E-state index contributed by atoms with van der Waals surface area (Å²) in [4.78, 5) is 22.2. The van der Waals surface area contributed by atoms with Crippen molar-refractivity contribution >= 4 is 11.9 Å². The molecule has 16 heavy (non-hydrogen) atoms. The van der Waals surface area contributed by atoms with E-state index in [4.69, 9.17) is 10.2 Å². The van der Waals surface area contributed by atoms with Crippen LogP contribution in [0.4, 0.5) is 0 Å². The number of benzene rings is 1. The van der Waals surface area contributed by atoms with E-state index in [2.05, 4.69) is 5.32 Å². The lowest BCUT2D eigenvalue weighted by molar-refractivity contribution is -0.140. The zero-order valence-electron chi connectivity index (χ0n) is 8.80. The van der Waals surface area contributed by atoms with Crippen molar-refractivity contribution in [2.45, 2.75) is 13.0 Å². The largest absolute Gasteiger partial charge is 0.480 e. The summed E-state index contributed by atoms with van der Waals surface area (Å²) in [5, 5.41) is 19.6. The molecule has 0 spiro atoms. The molecular weight excluding hydrogens is 210 g/mol. The predicted octanol–water partition coefficient (Wildman–Crippen LogP) is 0.170. The van der Waals surface area contributed by atoms with Crippen LogP contribution >= 0.6 is 0 Å². The summed E-state index contributed by atoms with van der Waals surface area (Å²) < 4.78 is 0. The van der Waals surface area contributed by atoms with Crippen molar-refractivity contribution in [2.24, 2.45) is 0 Å². The highest BCUT2D eigenvalue weighted by Gasteiger charge is 2.19. The SMILES string of the molecule is Cc1cccc(C(=O)NC(CO)C(=O)O)c1. The quantitative estimate of drug-likeness (QED) is 0.679. The van der Waals surface area contributed by atoms with Gasteiger partial charge in [0.05, 0.1) is 6.61 Å². The Bertz CT molecular complexity index is 403. The minimum atomic E-state index is -1.27. The van der Waals surface area contributed by atoms with Crippen molar-refractivity contribution in [3.8, 4) is 0 Å². The fourth-order valence-electron chi connectivity index (χ4n) is 1.21. The van der Waals surface area contributed by atoms with Crippen molar-refractivity contribution in [1.29, 1.82) is 0 Å². The third-order valence-electron chi connectivity index (χ3n) is 2.07. The molecular formula is C11H13NO4. The zero-order valence-corrected chi connectivity index (χ0v) is 8.80. The van der Waals surface area contributed by atoms with E-state index < -0.39 is 24.5 Å². The monoisotopic (exact) mass is 223 g/mol. The Morgan fingerprint density at radius 2 is 2.12 bits per heavy atom. The molecule has 0 bridgehead atoms. The van der Waals surface area contributed by atoms with E-state index in [1.807, 2.05) is 13.0 Å². The lowest BCUT2D eigenvalue weighted by Gasteiger charge is -2.11. The number of carboxylic acids is 1. The maximum absolute atomic E-state index is 11.6. The number of carbonyl (C=O) groups excluding carboxylic acids is 1. The van der Waals surface area contributed by atoms with E-state index in [1.165, 1.54) is 0 Å². The minimum absolute atomic E-state index is 0.375. The smallest absolute Gasteiger partial charge is 0.328 e. The number of nitrogens with one attached hydrogen (secondary N) is 1. The third-order valence-corrected chi connectivity index (χ3v) is 2.07. The molecule has 0 aromatic heterocycles. The van der Waals surface area contributed by atoms with Gasteiger partial charge in [0.1, 0.15) is 0 Å². The Morgan fingerprint density at radius 3 is 2.62 bits per heavy atom. The van der Waals surface area contributed by atoms with Gasteiger partial charge in [-0.2, -0.15) is 0 Å². The average molecular weight is 223 g/mol. The first-order valence-corrected chi connectivity index (χ1v) is 4.76. The molecule has 0 saturated carbocycles. The minimum Gasteiger partial charge on any atom is -0.480 e. The summed E-state index contributed by atoms with van der Waals surface area (Å²) in [7, 11) is 0. The zero-order chi connectivity index (χ0) is 12.1. The number of rotatable bonds is 4. The van der Waals surface area contributed by atoms with Crippen molar-refractivity contribution < 1.29 is 19.8 Å². The van der Waals surface area contributed by atoms with Gasteiger partial charge in [-0.05, 0) is 19.1 Å². The maximum Gasteiger partial charge on any atom is 0.328 e. The van der Waals surface area contributed by atoms with Gasteiger partial charge in [0.2, 0.25) is 0 Å². The highest BCUT2D eigenvalue weighted by atomic mass is 16.4. The summed E-state index contributed by atoms with van der Waals surface area (Å²) in [5.41, 5.74) is 1.28. The van der Waals surface area contributed by atoms with Crippen molar-refractivity contribution in [3.05, 3.63) is 35.4 Å². The van der Waals surface area contributed by atoms with Gasteiger partial charge in [-0.1, -0.05) is 17.7 Å². The molecule has 0 radical (unpaired) electrons. The summed E-state index contributed by atoms with van der Waals surface area (Å²) >= 11 is 0. The van der Waals surface area contributed by atoms with Crippen LogP contribution in [0.1, 0.15) is 15.9 Å². The molecule has 1 rings (SSSR count). The van der Waals surface area contributed by atoms with Crippen molar-refractivity contribution in [1.82, 2.24) is 5.32 Å². The molecule has 1 amide bonds. The van der Waals surface area contributed by atoms with Crippen molar-refractivity contribution in [3.63, 3.8) is 0 Å². The van der Waals surface area contributed by atoms with E-state index in [0.29, 0.717) is 5.56 Å². The first kappa shape index (κ1) is 12.2. The molecule has 1 unspecified atom stereocenters. The average Bonchev–Trinajstić information content (AvgIpc) is 2.25. The van der Waals surface area contributed by atoms with Crippen LogP contribution in [0.3, 0.4) is 0 Å². The fraction of sp³-hybridized carbons (Fsp3) is 0.273. The summed E-state index contributed by atoms with van der Waals surface area (Å²) in [5.74, 6) is -1.77. The van der Waals surface area contributed by atoms with Gasteiger partial charge in [-0.25, -0.2) is 4.79 Å². The van der Waals surface area contributed by atoms with Crippen LogP contribution < -0.4 is 5.32 Å². The maximum atomic E-state index is 11.6. The van der Waals surface area contributed by atoms with E-state index in [0.717, 1.165) is 5.56 Å². The normalized spacial score (nSPS) is 11.9. The number of aliphatic hydroxyl groups is 1. The topological polar surface area (TPSA) is 86.6 Å².